The Kier molecular flexibility index (Phi) is 12.8. The standard InChI is InChI=1S/C53H61FN10O8S/c1-27(2)43(60-51(67)69-5)48(65)62-17-8-11-37(62)46-56-26-35(58-46)30-21-32(54)42-39-22-31-20-28(14-15-36(31)64(39)50(72-40(42)23-30)47-59-33-10-7-13-41(33)73-47)34-25-55-45(57-34)38-12-9-18-63(38)49(66)44(61-52(68)70-6)29-16-19-71-53(3,4)24-29/h14-15,20-23,25-27,29,37-38,43-44,50H,7-13,16-19,24H2,1-6H3,(H,55,57)(H,56,58)(H,60,67)(H,61,68)/t29?,37-,38-,43-,44?,50?/m0/s1. The number of halogens is 1. The summed E-state index contributed by atoms with van der Waals surface area (Å²) in [5, 5.41) is 7.20. The minimum Gasteiger partial charge on any atom is -0.462 e. The van der Waals surface area contributed by atoms with Crippen LogP contribution in [0.15, 0.2) is 48.8 Å². The van der Waals surface area contributed by atoms with E-state index >= 15 is 4.39 Å². The number of aromatic amines is 2. The van der Waals surface area contributed by atoms with Gasteiger partial charge in [0.05, 0.1) is 78.2 Å². The van der Waals surface area contributed by atoms with Crippen molar-refractivity contribution < 1.29 is 42.5 Å². The first-order valence-corrected chi connectivity index (χ1v) is 26.2. The van der Waals surface area contributed by atoms with E-state index in [0.29, 0.717) is 85.3 Å². The van der Waals surface area contributed by atoms with Crippen LogP contribution in [-0.2, 0) is 36.6 Å². The highest BCUT2D eigenvalue weighted by atomic mass is 32.1. The maximum absolute atomic E-state index is 17.0. The average molecular weight is 1020 g/mol. The van der Waals surface area contributed by atoms with Crippen molar-refractivity contribution in [2.24, 2.45) is 11.8 Å². The summed E-state index contributed by atoms with van der Waals surface area (Å²) >= 11 is 1.64. The van der Waals surface area contributed by atoms with Crippen molar-refractivity contribution in [3.8, 4) is 39.5 Å². The smallest absolute Gasteiger partial charge is 0.407 e. The number of nitrogens with zero attached hydrogens (tertiary/aromatic N) is 6. The van der Waals surface area contributed by atoms with Crippen molar-refractivity contribution in [1.82, 2.24) is 49.9 Å². The number of thiazole rings is 1. The summed E-state index contributed by atoms with van der Waals surface area (Å²) in [5.41, 5.74) is 5.19. The van der Waals surface area contributed by atoms with Gasteiger partial charge in [0.15, 0.2) is 5.01 Å². The number of ether oxygens (including phenoxy) is 4. The number of aryl methyl sites for hydroxylation is 2. The number of amides is 4. The Morgan fingerprint density at radius 3 is 2.21 bits per heavy atom. The van der Waals surface area contributed by atoms with Crippen LogP contribution in [0.2, 0.25) is 0 Å². The predicted molar refractivity (Wildman–Crippen MR) is 269 cm³/mol. The van der Waals surface area contributed by atoms with Crippen molar-refractivity contribution in [1.29, 1.82) is 0 Å². The molecule has 4 aliphatic heterocycles. The van der Waals surface area contributed by atoms with Crippen molar-refractivity contribution >= 4 is 46.2 Å². The maximum atomic E-state index is 17.0. The highest BCUT2D eigenvalue weighted by Crippen LogP contribution is 2.49. The van der Waals surface area contributed by atoms with E-state index in [0.717, 1.165) is 65.0 Å². The van der Waals surface area contributed by atoms with Gasteiger partial charge in [-0.2, -0.15) is 0 Å². The van der Waals surface area contributed by atoms with Gasteiger partial charge in [-0.3, -0.25) is 14.2 Å². The van der Waals surface area contributed by atoms with Crippen LogP contribution in [-0.4, -0.2) is 115 Å². The number of methoxy groups -OCH3 is 2. The second-order valence-corrected chi connectivity index (χ2v) is 21.9. The Morgan fingerprint density at radius 1 is 0.849 bits per heavy atom. The molecule has 2 aromatic carbocycles. The quantitative estimate of drug-likeness (QED) is 0.0964. The minimum atomic E-state index is -0.776. The lowest BCUT2D eigenvalue weighted by atomic mass is 9.82. The Hall–Kier alpha value is -6.80. The molecule has 6 aromatic rings. The zero-order valence-electron chi connectivity index (χ0n) is 41.9. The summed E-state index contributed by atoms with van der Waals surface area (Å²) in [5.74, 6) is 0.429. The molecule has 4 amide bonds. The number of benzene rings is 2. The van der Waals surface area contributed by atoms with E-state index in [1.54, 1.807) is 28.6 Å². The number of carbonyl (C=O) groups excluding carboxylic acids is 4. The van der Waals surface area contributed by atoms with Gasteiger partial charge in [-0.05, 0) is 114 Å². The van der Waals surface area contributed by atoms with Gasteiger partial charge < -0.3 is 49.3 Å². The number of hydrogen-bond donors (Lipinski definition) is 4. The van der Waals surface area contributed by atoms with E-state index in [1.165, 1.54) is 25.2 Å². The zero-order chi connectivity index (χ0) is 50.9. The number of carbonyl (C=O) groups is 4. The van der Waals surface area contributed by atoms with Crippen LogP contribution in [0.25, 0.3) is 44.7 Å². The van der Waals surface area contributed by atoms with Crippen LogP contribution in [0.5, 0.6) is 5.75 Å². The highest BCUT2D eigenvalue weighted by molar-refractivity contribution is 7.11. The Morgan fingerprint density at radius 2 is 1.53 bits per heavy atom. The molecule has 0 radical (unpaired) electrons. The Labute approximate surface area is 425 Å². The molecule has 8 heterocycles. The van der Waals surface area contributed by atoms with Crippen LogP contribution in [0.1, 0.15) is 118 Å². The maximum Gasteiger partial charge on any atom is 0.407 e. The molecule has 73 heavy (non-hydrogen) atoms. The van der Waals surface area contributed by atoms with Crippen LogP contribution < -0.4 is 15.4 Å². The molecule has 4 aromatic heterocycles. The fourth-order valence-electron chi connectivity index (χ4n) is 11.7. The normalized spacial score (nSPS) is 21.9. The average Bonchev–Trinajstić information content (AvgIpc) is 4.23. The lowest BCUT2D eigenvalue weighted by Gasteiger charge is -2.40. The number of nitrogens with one attached hydrogen (secondary N) is 4. The van der Waals surface area contributed by atoms with Gasteiger partial charge in [0.1, 0.15) is 35.3 Å². The number of hydrogen-bond acceptors (Lipinski definition) is 12. The summed E-state index contributed by atoms with van der Waals surface area (Å²) in [6.45, 7) is 9.27. The Bertz CT molecular complexity index is 3100. The van der Waals surface area contributed by atoms with E-state index in [-0.39, 0.29) is 35.7 Å². The summed E-state index contributed by atoms with van der Waals surface area (Å²) in [6.07, 6.45) is 8.54. The third kappa shape index (κ3) is 8.99. The number of likely N-dealkylation sites (tertiary alicyclic amines) is 2. The topological polar surface area (TPSA) is 211 Å². The molecule has 5 aliphatic rings. The number of alkyl carbamates (subject to hydrolysis) is 2. The summed E-state index contributed by atoms with van der Waals surface area (Å²) < 4.78 is 41.6. The molecule has 4 N–H and O–H groups in total. The third-order valence-corrected chi connectivity index (χ3v) is 16.5. The van der Waals surface area contributed by atoms with Gasteiger partial charge in [-0.15, -0.1) is 11.3 Å². The van der Waals surface area contributed by atoms with Crippen LogP contribution >= 0.6 is 11.3 Å². The number of fused-ring (bicyclic) bond motifs is 6. The molecule has 0 spiro atoms. The molecule has 0 bridgehead atoms. The molecule has 18 nitrogen and oxygen atoms in total. The molecule has 3 fully saturated rings. The summed E-state index contributed by atoms with van der Waals surface area (Å²) in [7, 11) is 2.57. The zero-order valence-corrected chi connectivity index (χ0v) is 42.7. The van der Waals surface area contributed by atoms with Gasteiger partial charge in [0, 0.05) is 41.1 Å². The minimum absolute atomic E-state index is 0.131. The fraction of sp³-hybridized carbons (Fsp3) is 0.491. The molecule has 11 rings (SSSR count). The molecule has 3 unspecified atom stereocenters. The van der Waals surface area contributed by atoms with Gasteiger partial charge in [0.25, 0.3) is 0 Å². The van der Waals surface area contributed by atoms with E-state index < -0.39 is 41.9 Å². The van der Waals surface area contributed by atoms with E-state index in [2.05, 4.69) is 26.7 Å². The fourth-order valence-corrected chi connectivity index (χ4v) is 12.9. The van der Waals surface area contributed by atoms with Crippen molar-refractivity contribution in [3.05, 3.63) is 81.8 Å². The highest BCUT2D eigenvalue weighted by Gasteiger charge is 2.44. The van der Waals surface area contributed by atoms with Gasteiger partial charge >= 0.3 is 12.2 Å². The molecule has 20 heteroatoms. The van der Waals surface area contributed by atoms with Crippen LogP contribution in [0.3, 0.4) is 0 Å². The van der Waals surface area contributed by atoms with Gasteiger partial charge in [0.2, 0.25) is 18.0 Å². The molecule has 6 atom stereocenters. The predicted octanol–water partition coefficient (Wildman–Crippen LogP) is 8.75. The Balaban J connectivity index is 0.895. The lowest BCUT2D eigenvalue weighted by molar-refractivity contribution is -0.139. The van der Waals surface area contributed by atoms with Crippen LogP contribution in [0, 0.1) is 17.7 Å². The lowest BCUT2D eigenvalue weighted by Crippen LogP contribution is -2.54. The largest absolute Gasteiger partial charge is 0.462 e. The first kappa shape index (κ1) is 48.5. The van der Waals surface area contributed by atoms with E-state index in [4.69, 9.17) is 33.9 Å². The second-order valence-electron chi connectivity index (χ2n) is 20.8. The van der Waals surface area contributed by atoms with Crippen LogP contribution in [0.4, 0.5) is 14.0 Å². The van der Waals surface area contributed by atoms with Gasteiger partial charge in [-0.25, -0.2) is 28.9 Å². The first-order chi connectivity index (χ1) is 35.2. The third-order valence-electron chi connectivity index (χ3n) is 15.3. The van der Waals surface area contributed by atoms with Crippen molar-refractivity contribution in [3.63, 3.8) is 0 Å². The van der Waals surface area contributed by atoms with Gasteiger partial charge in [-0.1, -0.05) is 19.9 Å². The molecule has 0 saturated carbocycles. The van der Waals surface area contributed by atoms with Crippen molar-refractivity contribution in [2.45, 2.75) is 121 Å². The molecule has 3 saturated heterocycles. The first-order valence-electron chi connectivity index (χ1n) is 25.4. The van der Waals surface area contributed by atoms with E-state index in [9.17, 15) is 19.2 Å². The monoisotopic (exact) mass is 1020 g/mol. The SMILES string of the molecule is COC(=O)NC(C(=O)N1CCC[C@H]1c1ncc(-c2ccc3c(c2)cc2n3C(c3nc4c(s3)CCC4)Oc3cc(-c4cnc([C@@H]5CCCN5C(=O)[C@@H](NC(=O)OC)C(C)C)[nH]4)cc(F)c3-2)[nH]1)C1CCOC(C)(C)C1. The molecular weight excluding hydrogens is 956 g/mol. The van der Waals surface area contributed by atoms with Crippen molar-refractivity contribution in [2.75, 3.05) is 33.9 Å². The molecular formula is C53H61FN10O8S. The second kappa shape index (κ2) is 19.2. The summed E-state index contributed by atoms with van der Waals surface area (Å²) in [6, 6.07) is 9.17. The number of rotatable bonds is 11. The number of imidazole rings is 2. The van der Waals surface area contributed by atoms with E-state index in [1.807, 2.05) is 61.4 Å². The number of aromatic nitrogens is 6. The molecule has 384 valence electrons. The molecule has 1 aliphatic carbocycles. The number of H-pyrrole nitrogens is 2. The summed E-state index contributed by atoms with van der Waals surface area (Å²) in [4.78, 5) is 79.4.